The number of hydrogen-bond acceptors (Lipinski definition) is 6. The molecule has 122 valence electrons. The van der Waals surface area contributed by atoms with Gasteiger partial charge < -0.3 is 14.0 Å². The van der Waals surface area contributed by atoms with E-state index in [1.54, 1.807) is 12.1 Å². The van der Waals surface area contributed by atoms with E-state index in [9.17, 15) is 10.1 Å². The Labute approximate surface area is 133 Å². The molecule has 7 heteroatoms. The highest BCUT2D eigenvalue weighted by molar-refractivity contribution is 5.74. The number of rotatable bonds is 7. The smallest absolute Gasteiger partial charge is 0.338 e. The Hall–Kier alpha value is -2.83. The van der Waals surface area contributed by atoms with Gasteiger partial charge in [0.05, 0.1) is 18.1 Å². The second-order valence-corrected chi connectivity index (χ2v) is 4.64. The van der Waals surface area contributed by atoms with E-state index in [-0.39, 0.29) is 17.1 Å². The molecule has 23 heavy (non-hydrogen) atoms. The Bertz CT molecular complexity index is 721. The number of ether oxygens (including phenoxy) is 2. The lowest BCUT2D eigenvalue weighted by Crippen LogP contribution is -1.96. The lowest BCUT2D eigenvalue weighted by Gasteiger charge is -2.10. The van der Waals surface area contributed by atoms with Crippen molar-refractivity contribution in [2.75, 3.05) is 13.2 Å². The van der Waals surface area contributed by atoms with E-state index in [0.717, 1.165) is 5.56 Å². The minimum atomic E-state index is -0.507. The molecule has 0 spiro atoms. The normalized spacial score (nSPS) is 10.9. The lowest BCUT2D eigenvalue weighted by molar-refractivity contribution is -0.386. The molecule has 0 aliphatic carbocycles. The molecule has 0 aliphatic rings. The fraction of sp³-hybridized carbons (Fsp3) is 0.312. The van der Waals surface area contributed by atoms with Crippen LogP contribution < -0.4 is 9.47 Å². The van der Waals surface area contributed by atoms with Crippen molar-refractivity contribution in [3.8, 4) is 11.5 Å². The topological polar surface area (TPSA) is 87.6 Å². The highest BCUT2D eigenvalue weighted by Gasteiger charge is 2.22. The first kappa shape index (κ1) is 16.5. The zero-order valence-electron chi connectivity index (χ0n) is 13.2. The molecule has 0 aliphatic heterocycles. The quantitative estimate of drug-likeness (QED) is 0.569. The van der Waals surface area contributed by atoms with Crippen LogP contribution in [0.4, 0.5) is 5.69 Å². The molecule has 1 aromatic heterocycles. The molecule has 0 fully saturated rings. The maximum absolute atomic E-state index is 11.0. The standard InChI is InChI=1S/C16H18N2O5/c1-4-21-13-8-6-12(15(10-13)22-5-2)7-9-14-16(18(19)20)11(3)17-23-14/h6-10H,4-5H2,1-3H3/b9-7-. The average Bonchev–Trinajstić information content (AvgIpc) is 2.88. The number of benzene rings is 1. The van der Waals surface area contributed by atoms with Crippen LogP contribution in [0.15, 0.2) is 22.7 Å². The maximum Gasteiger partial charge on any atom is 0.338 e. The molecule has 0 atom stereocenters. The first-order valence-electron chi connectivity index (χ1n) is 7.25. The van der Waals surface area contributed by atoms with Gasteiger partial charge in [-0.2, -0.15) is 0 Å². The molecular weight excluding hydrogens is 300 g/mol. The van der Waals surface area contributed by atoms with Crippen molar-refractivity contribution in [1.29, 1.82) is 0 Å². The predicted octanol–water partition coefficient (Wildman–Crippen LogP) is 3.86. The summed E-state index contributed by atoms with van der Waals surface area (Å²) in [6.07, 6.45) is 3.20. The van der Waals surface area contributed by atoms with Gasteiger partial charge in [0, 0.05) is 11.6 Å². The number of nitro groups is 1. The molecule has 0 amide bonds. The van der Waals surface area contributed by atoms with Crippen molar-refractivity contribution in [1.82, 2.24) is 5.16 Å². The van der Waals surface area contributed by atoms with E-state index < -0.39 is 4.92 Å². The van der Waals surface area contributed by atoms with E-state index in [0.29, 0.717) is 24.7 Å². The van der Waals surface area contributed by atoms with Crippen LogP contribution in [0, 0.1) is 17.0 Å². The predicted molar refractivity (Wildman–Crippen MR) is 85.6 cm³/mol. The molecule has 2 rings (SSSR count). The van der Waals surface area contributed by atoms with Crippen LogP contribution >= 0.6 is 0 Å². The van der Waals surface area contributed by atoms with Gasteiger partial charge in [0.2, 0.25) is 5.76 Å². The van der Waals surface area contributed by atoms with E-state index >= 15 is 0 Å². The highest BCUT2D eigenvalue weighted by atomic mass is 16.6. The second kappa shape index (κ2) is 7.44. The Balaban J connectivity index is 2.33. The molecule has 1 aromatic carbocycles. The minimum absolute atomic E-state index is 0.101. The van der Waals surface area contributed by atoms with Crippen LogP contribution in [0.25, 0.3) is 12.2 Å². The summed E-state index contributed by atoms with van der Waals surface area (Å²) in [5.41, 5.74) is 0.871. The van der Waals surface area contributed by atoms with E-state index in [1.807, 2.05) is 26.0 Å². The minimum Gasteiger partial charge on any atom is -0.494 e. The lowest BCUT2D eigenvalue weighted by atomic mass is 10.1. The number of hydrogen-bond donors (Lipinski definition) is 0. The van der Waals surface area contributed by atoms with Gasteiger partial charge in [-0.1, -0.05) is 5.16 Å². The molecule has 2 aromatic rings. The Morgan fingerprint density at radius 3 is 2.65 bits per heavy atom. The molecule has 1 heterocycles. The van der Waals surface area contributed by atoms with Gasteiger partial charge in [-0.05, 0) is 45.1 Å². The summed E-state index contributed by atoms with van der Waals surface area (Å²) in [6, 6.07) is 5.42. The monoisotopic (exact) mass is 318 g/mol. The first-order valence-corrected chi connectivity index (χ1v) is 7.25. The summed E-state index contributed by atoms with van der Waals surface area (Å²) in [7, 11) is 0. The third-order valence-electron chi connectivity index (χ3n) is 3.05. The summed E-state index contributed by atoms with van der Waals surface area (Å²) in [4.78, 5) is 10.5. The van der Waals surface area contributed by atoms with Crippen LogP contribution in [0.3, 0.4) is 0 Å². The summed E-state index contributed by atoms with van der Waals surface area (Å²) in [5.74, 6) is 1.44. The molecule has 0 radical (unpaired) electrons. The third kappa shape index (κ3) is 3.88. The number of nitrogens with zero attached hydrogens (tertiary/aromatic N) is 2. The van der Waals surface area contributed by atoms with Crippen LogP contribution in [-0.4, -0.2) is 23.3 Å². The van der Waals surface area contributed by atoms with Crippen molar-refractivity contribution in [2.45, 2.75) is 20.8 Å². The zero-order valence-corrected chi connectivity index (χ0v) is 13.2. The van der Waals surface area contributed by atoms with Gasteiger partial charge in [-0.25, -0.2) is 0 Å². The maximum atomic E-state index is 11.0. The molecule has 0 unspecified atom stereocenters. The Morgan fingerprint density at radius 1 is 1.26 bits per heavy atom. The van der Waals surface area contributed by atoms with Crippen LogP contribution in [0.5, 0.6) is 11.5 Å². The molecule has 7 nitrogen and oxygen atoms in total. The van der Waals surface area contributed by atoms with Gasteiger partial charge in [-0.15, -0.1) is 0 Å². The van der Waals surface area contributed by atoms with Crippen molar-refractivity contribution in [3.05, 3.63) is 45.3 Å². The molecular formula is C16H18N2O5. The van der Waals surface area contributed by atoms with Gasteiger partial charge >= 0.3 is 5.69 Å². The molecule has 0 saturated heterocycles. The Morgan fingerprint density at radius 2 is 2.00 bits per heavy atom. The van der Waals surface area contributed by atoms with Gasteiger partial charge in [0.15, 0.2) is 5.69 Å². The third-order valence-corrected chi connectivity index (χ3v) is 3.05. The molecule has 0 N–H and O–H groups in total. The van der Waals surface area contributed by atoms with Crippen LogP contribution in [-0.2, 0) is 0 Å². The first-order chi connectivity index (χ1) is 11.1. The van der Waals surface area contributed by atoms with Crippen LogP contribution in [0.1, 0.15) is 30.9 Å². The SMILES string of the molecule is CCOc1ccc(/C=C\c2onc(C)c2[N+](=O)[O-])c(OCC)c1. The number of aryl methyl sites for hydroxylation is 1. The molecule has 0 saturated carbocycles. The second-order valence-electron chi connectivity index (χ2n) is 4.64. The van der Waals surface area contributed by atoms with Gasteiger partial charge in [0.25, 0.3) is 0 Å². The fourth-order valence-corrected chi connectivity index (χ4v) is 2.07. The summed E-state index contributed by atoms with van der Waals surface area (Å²) in [6.45, 7) is 6.37. The van der Waals surface area contributed by atoms with Crippen molar-refractivity contribution >= 4 is 17.8 Å². The van der Waals surface area contributed by atoms with Crippen molar-refractivity contribution < 1.29 is 18.9 Å². The summed E-state index contributed by atoms with van der Waals surface area (Å²) in [5, 5.41) is 14.7. The summed E-state index contributed by atoms with van der Waals surface area (Å²) >= 11 is 0. The zero-order chi connectivity index (χ0) is 16.8. The van der Waals surface area contributed by atoms with Crippen molar-refractivity contribution in [3.63, 3.8) is 0 Å². The average molecular weight is 318 g/mol. The largest absolute Gasteiger partial charge is 0.494 e. The van der Waals surface area contributed by atoms with E-state index in [2.05, 4.69) is 5.16 Å². The van der Waals surface area contributed by atoms with Gasteiger partial charge in [-0.3, -0.25) is 10.1 Å². The van der Waals surface area contributed by atoms with Crippen LogP contribution in [0.2, 0.25) is 0 Å². The van der Waals surface area contributed by atoms with Gasteiger partial charge in [0.1, 0.15) is 11.5 Å². The van der Waals surface area contributed by atoms with E-state index in [1.165, 1.54) is 13.0 Å². The van der Waals surface area contributed by atoms with Crippen molar-refractivity contribution in [2.24, 2.45) is 0 Å². The molecule has 0 bridgehead atoms. The highest BCUT2D eigenvalue weighted by Crippen LogP contribution is 2.29. The fourth-order valence-electron chi connectivity index (χ4n) is 2.07. The van der Waals surface area contributed by atoms with E-state index in [4.69, 9.17) is 14.0 Å². The Kier molecular flexibility index (Phi) is 5.35. The summed E-state index contributed by atoms with van der Waals surface area (Å²) < 4.78 is 16.0. The number of aromatic nitrogens is 1.